The molecule has 0 spiro atoms. The minimum absolute atomic E-state index is 0.0854. The number of aliphatic hydroxyl groups is 1. The van der Waals surface area contributed by atoms with Gasteiger partial charge in [0.1, 0.15) is 6.54 Å². The van der Waals surface area contributed by atoms with Crippen molar-refractivity contribution in [3.8, 4) is 0 Å². The molecule has 0 radical (unpaired) electrons. The highest BCUT2D eigenvalue weighted by molar-refractivity contribution is 6.07. The van der Waals surface area contributed by atoms with Gasteiger partial charge in [-0.25, -0.2) is 0 Å². The number of fused-ring (bicyclic) bond motifs is 6. The maximum atomic E-state index is 9.15. The summed E-state index contributed by atoms with van der Waals surface area (Å²) in [6.07, 6.45) is 16.8. The highest BCUT2D eigenvalue weighted by atomic mass is 16.2. The molecular weight excluding hydrogens is 536 g/mol. The van der Waals surface area contributed by atoms with Crippen LogP contribution in [-0.2, 0) is 10.8 Å². The molecule has 4 aromatic carbocycles. The number of benzene rings is 4. The molecule has 2 heterocycles. The lowest BCUT2D eigenvalue weighted by Crippen LogP contribution is -2.28. The van der Waals surface area contributed by atoms with Crippen molar-refractivity contribution in [3.63, 3.8) is 0 Å². The molecule has 0 aromatic heterocycles. The molecule has 0 saturated heterocycles. The van der Waals surface area contributed by atoms with E-state index in [1.54, 1.807) is 0 Å². The van der Waals surface area contributed by atoms with Gasteiger partial charge in [-0.15, -0.1) is 0 Å². The Labute approximate surface area is 263 Å². The van der Waals surface area contributed by atoms with E-state index in [0.29, 0.717) is 6.61 Å². The number of aliphatic hydroxyl groups excluding tert-OH is 1. The van der Waals surface area contributed by atoms with Crippen LogP contribution in [0.1, 0.15) is 70.9 Å². The predicted molar refractivity (Wildman–Crippen MR) is 189 cm³/mol. The molecule has 2 aliphatic rings. The Morgan fingerprint density at radius 2 is 1.32 bits per heavy atom. The van der Waals surface area contributed by atoms with Crippen LogP contribution in [-0.4, -0.2) is 35.6 Å². The van der Waals surface area contributed by atoms with Crippen LogP contribution in [0.2, 0.25) is 0 Å². The van der Waals surface area contributed by atoms with Gasteiger partial charge in [0.05, 0.1) is 5.41 Å². The molecule has 4 aromatic rings. The van der Waals surface area contributed by atoms with Gasteiger partial charge in [-0.2, -0.15) is 4.58 Å². The SMILES string of the molecule is CN1/C(=C/C=C/C=C/C2=[N+](CCCCCCCO)c3ccc4ccccc4c3C2(C)C)C(C)(C)c2c1ccc1ccccc21. The molecule has 0 amide bonds. The van der Waals surface area contributed by atoms with Crippen molar-refractivity contribution < 1.29 is 9.68 Å². The zero-order chi connectivity index (χ0) is 30.9. The Morgan fingerprint density at radius 1 is 0.682 bits per heavy atom. The van der Waals surface area contributed by atoms with Gasteiger partial charge in [0.25, 0.3) is 0 Å². The summed E-state index contributed by atoms with van der Waals surface area (Å²) >= 11 is 0. The van der Waals surface area contributed by atoms with Crippen LogP contribution in [0.25, 0.3) is 21.5 Å². The number of likely N-dealkylation sites (N-methyl/N-ethyl adjacent to an activating group) is 1. The van der Waals surface area contributed by atoms with E-state index < -0.39 is 0 Å². The van der Waals surface area contributed by atoms with Crippen LogP contribution in [0.15, 0.2) is 109 Å². The molecular formula is C41H47N2O+. The second-order valence-electron chi connectivity index (χ2n) is 13.5. The fourth-order valence-electron chi connectivity index (χ4n) is 7.74. The average molecular weight is 584 g/mol. The Kier molecular flexibility index (Phi) is 8.35. The van der Waals surface area contributed by atoms with E-state index >= 15 is 0 Å². The van der Waals surface area contributed by atoms with Crippen LogP contribution in [0.3, 0.4) is 0 Å². The van der Waals surface area contributed by atoms with Crippen LogP contribution >= 0.6 is 0 Å². The molecule has 1 N–H and O–H groups in total. The largest absolute Gasteiger partial charge is 0.396 e. The van der Waals surface area contributed by atoms with Crippen molar-refractivity contribution in [1.82, 2.24) is 0 Å². The summed E-state index contributed by atoms with van der Waals surface area (Å²) in [7, 11) is 2.19. The first-order chi connectivity index (χ1) is 21.3. The molecule has 0 fully saturated rings. The van der Waals surface area contributed by atoms with Crippen molar-refractivity contribution in [3.05, 3.63) is 120 Å². The fraction of sp³-hybridized carbons (Fsp3) is 0.341. The summed E-state index contributed by atoms with van der Waals surface area (Å²) < 4.78 is 2.56. The van der Waals surface area contributed by atoms with Crippen LogP contribution in [0.4, 0.5) is 11.4 Å². The van der Waals surface area contributed by atoms with E-state index in [9.17, 15) is 0 Å². The van der Waals surface area contributed by atoms with E-state index in [0.717, 1.165) is 25.8 Å². The summed E-state index contributed by atoms with van der Waals surface area (Å²) in [5, 5.41) is 14.4. The molecule has 2 aliphatic heterocycles. The first-order valence-electron chi connectivity index (χ1n) is 16.4. The minimum Gasteiger partial charge on any atom is -0.396 e. The number of hydrogen-bond donors (Lipinski definition) is 1. The van der Waals surface area contributed by atoms with E-state index in [4.69, 9.17) is 5.11 Å². The molecule has 6 rings (SSSR count). The number of nitrogens with zero attached hydrogens (tertiary/aromatic N) is 2. The first kappa shape index (κ1) is 30.1. The molecule has 0 atom stereocenters. The molecule has 0 unspecified atom stereocenters. The van der Waals surface area contributed by atoms with Gasteiger partial charge in [0.15, 0.2) is 5.71 Å². The fourth-order valence-corrected chi connectivity index (χ4v) is 7.74. The highest BCUT2D eigenvalue weighted by Crippen LogP contribution is 2.50. The maximum Gasteiger partial charge on any atom is 0.210 e. The summed E-state index contributed by atoms with van der Waals surface area (Å²) in [6.45, 7) is 10.7. The number of rotatable bonds is 10. The molecule has 226 valence electrons. The van der Waals surface area contributed by atoms with Crippen molar-refractivity contribution in [2.24, 2.45) is 0 Å². The zero-order valence-electron chi connectivity index (χ0n) is 27.1. The summed E-state index contributed by atoms with van der Waals surface area (Å²) in [6, 6.07) is 26.7. The Morgan fingerprint density at radius 3 is 2.05 bits per heavy atom. The second-order valence-corrected chi connectivity index (χ2v) is 13.5. The number of anilines is 1. The third kappa shape index (κ3) is 5.22. The Bertz CT molecular complexity index is 1820. The second kappa shape index (κ2) is 12.2. The molecule has 0 saturated carbocycles. The van der Waals surface area contributed by atoms with Gasteiger partial charge >= 0.3 is 0 Å². The van der Waals surface area contributed by atoms with E-state index in [1.165, 1.54) is 68.3 Å². The standard InChI is InChI=1S/C41H47N2O/c1-40(2)36(42(5)34-26-24-30-18-12-14-20-32(30)38(34)40)22-10-9-11-23-37-41(3,4)39-33-21-15-13-19-31(33)25-27-35(39)43(37)28-16-7-6-8-17-29-44/h9-15,18-27,44H,6-8,16-17,28-29H2,1-5H3/q+1. The van der Waals surface area contributed by atoms with E-state index in [1.807, 2.05) is 0 Å². The lowest BCUT2D eigenvalue weighted by molar-refractivity contribution is -0.438. The van der Waals surface area contributed by atoms with Crippen molar-refractivity contribution >= 4 is 38.6 Å². The average Bonchev–Trinajstić information content (AvgIpc) is 3.36. The molecule has 3 nitrogen and oxygen atoms in total. The smallest absolute Gasteiger partial charge is 0.210 e. The van der Waals surface area contributed by atoms with Gasteiger partial charge in [-0.05, 0) is 72.0 Å². The Hall–Kier alpha value is -3.95. The van der Waals surface area contributed by atoms with E-state index in [2.05, 4.69) is 147 Å². The lowest BCUT2D eigenvalue weighted by Gasteiger charge is -2.24. The predicted octanol–water partition coefficient (Wildman–Crippen LogP) is 9.74. The summed E-state index contributed by atoms with van der Waals surface area (Å²) in [5.41, 5.74) is 7.95. The van der Waals surface area contributed by atoms with Crippen molar-refractivity contribution in [2.75, 3.05) is 25.1 Å². The summed E-state index contributed by atoms with van der Waals surface area (Å²) in [4.78, 5) is 2.36. The van der Waals surface area contributed by atoms with Gasteiger partial charge in [0.2, 0.25) is 5.69 Å². The van der Waals surface area contributed by atoms with Crippen LogP contribution in [0, 0.1) is 0 Å². The molecule has 0 aliphatic carbocycles. The maximum absolute atomic E-state index is 9.15. The van der Waals surface area contributed by atoms with Gasteiger partial charge in [0, 0.05) is 54.6 Å². The highest BCUT2D eigenvalue weighted by Gasteiger charge is 2.45. The first-order valence-corrected chi connectivity index (χ1v) is 16.4. The van der Waals surface area contributed by atoms with E-state index in [-0.39, 0.29) is 10.8 Å². The van der Waals surface area contributed by atoms with Gasteiger partial charge in [-0.3, -0.25) is 0 Å². The quantitative estimate of drug-likeness (QED) is 0.114. The van der Waals surface area contributed by atoms with Crippen molar-refractivity contribution in [1.29, 1.82) is 0 Å². The minimum atomic E-state index is -0.105. The topological polar surface area (TPSA) is 26.5 Å². The van der Waals surface area contributed by atoms with Crippen LogP contribution < -0.4 is 4.90 Å². The monoisotopic (exact) mass is 583 g/mol. The summed E-state index contributed by atoms with van der Waals surface area (Å²) in [5.74, 6) is 0. The molecule has 44 heavy (non-hydrogen) atoms. The lowest BCUT2D eigenvalue weighted by atomic mass is 9.79. The van der Waals surface area contributed by atoms with Gasteiger partial charge < -0.3 is 10.0 Å². The normalized spacial score (nSPS) is 18.0. The number of hydrogen-bond acceptors (Lipinski definition) is 2. The molecule has 3 heteroatoms. The van der Waals surface area contributed by atoms with Gasteiger partial charge in [-0.1, -0.05) is 99.5 Å². The van der Waals surface area contributed by atoms with Crippen LogP contribution in [0.5, 0.6) is 0 Å². The zero-order valence-corrected chi connectivity index (χ0v) is 27.1. The number of allylic oxidation sites excluding steroid dienone is 6. The number of unbranched alkanes of at least 4 members (excludes halogenated alkanes) is 4. The molecule has 0 bridgehead atoms. The third-order valence-corrected chi connectivity index (χ3v) is 9.92. The third-order valence-electron chi connectivity index (χ3n) is 9.92. The van der Waals surface area contributed by atoms with Crippen molar-refractivity contribution in [2.45, 2.75) is 70.6 Å². The Balaban J connectivity index is 1.29.